The minimum Gasteiger partial charge on any atom is -0.394 e. The van der Waals surface area contributed by atoms with Crippen molar-refractivity contribution in [3.8, 4) is 0 Å². The van der Waals surface area contributed by atoms with Crippen molar-refractivity contribution in [1.29, 1.82) is 0 Å². The number of rotatable bonds is 12. The first-order valence-corrected chi connectivity index (χ1v) is 7.75. The Morgan fingerprint density at radius 2 is 1.48 bits per heavy atom. The molecule has 0 fully saturated rings. The number of aliphatic hydroxyl groups is 2. The molecule has 0 saturated carbocycles. The van der Waals surface area contributed by atoms with Crippen molar-refractivity contribution in [1.82, 2.24) is 0 Å². The molecule has 6 nitrogen and oxygen atoms in total. The van der Waals surface area contributed by atoms with Gasteiger partial charge in [-0.2, -0.15) is 0 Å². The first-order valence-electron chi connectivity index (χ1n) is 7.75. The molecule has 0 spiro atoms. The largest absolute Gasteiger partial charge is 0.394 e. The molecule has 134 valence electrons. The van der Waals surface area contributed by atoms with E-state index in [0.717, 1.165) is 0 Å². The Morgan fingerprint density at radius 1 is 0.913 bits per heavy atom. The van der Waals surface area contributed by atoms with E-state index in [2.05, 4.69) is 4.74 Å². The molecule has 23 heavy (non-hydrogen) atoms. The number of benzene rings is 1. The quantitative estimate of drug-likeness (QED) is 0.562. The second-order valence-electron chi connectivity index (χ2n) is 4.79. The smallest absolute Gasteiger partial charge is 0.0745 e. The van der Waals surface area contributed by atoms with Gasteiger partial charge in [-0.25, -0.2) is 0 Å². The highest BCUT2D eigenvalue weighted by Gasteiger charge is 1.93. The van der Waals surface area contributed by atoms with Gasteiger partial charge in [0.2, 0.25) is 0 Å². The van der Waals surface area contributed by atoms with Crippen LogP contribution in [0.1, 0.15) is 12.5 Å². The average molecular weight is 330 g/mol. The molecule has 0 heterocycles. The van der Waals surface area contributed by atoms with Gasteiger partial charge in [0.05, 0.1) is 59.0 Å². The van der Waals surface area contributed by atoms with Crippen molar-refractivity contribution in [2.45, 2.75) is 19.6 Å². The molecule has 1 atom stereocenters. The van der Waals surface area contributed by atoms with Crippen LogP contribution in [0.5, 0.6) is 0 Å². The maximum Gasteiger partial charge on any atom is 0.0745 e. The van der Waals surface area contributed by atoms with Crippen molar-refractivity contribution in [2.24, 2.45) is 0 Å². The lowest BCUT2D eigenvalue weighted by Gasteiger charge is -2.06. The Bertz CT molecular complexity index is 331. The highest BCUT2D eigenvalue weighted by molar-refractivity contribution is 5.13. The predicted molar refractivity (Wildman–Crippen MR) is 88.4 cm³/mol. The summed E-state index contributed by atoms with van der Waals surface area (Å²) in [4.78, 5) is 0. The summed E-state index contributed by atoms with van der Waals surface area (Å²) >= 11 is 0. The third kappa shape index (κ3) is 17.2. The molecule has 0 radical (unpaired) electrons. The van der Waals surface area contributed by atoms with Crippen LogP contribution >= 0.6 is 0 Å². The Hall–Kier alpha value is -1.02. The molecular weight excluding hydrogens is 300 g/mol. The van der Waals surface area contributed by atoms with Crippen molar-refractivity contribution in [3.05, 3.63) is 35.9 Å². The van der Waals surface area contributed by atoms with Crippen molar-refractivity contribution >= 4 is 0 Å². The van der Waals surface area contributed by atoms with E-state index < -0.39 is 0 Å². The zero-order valence-corrected chi connectivity index (χ0v) is 14.1. The van der Waals surface area contributed by atoms with Crippen LogP contribution in [0.3, 0.4) is 0 Å². The molecule has 1 aromatic carbocycles. The van der Waals surface area contributed by atoms with Crippen LogP contribution in [0.2, 0.25) is 0 Å². The molecule has 2 N–H and O–H groups in total. The molecule has 0 aliphatic heterocycles. The molecule has 0 saturated heterocycles. The van der Waals surface area contributed by atoms with E-state index in [9.17, 15) is 0 Å². The molecule has 0 aromatic heterocycles. The van der Waals surface area contributed by atoms with E-state index in [4.69, 9.17) is 24.4 Å². The fraction of sp³-hybridized carbons (Fsp3) is 0.647. The van der Waals surface area contributed by atoms with E-state index in [1.165, 1.54) is 5.56 Å². The molecule has 0 aliphatic rings. The van der Waals surface area contributed by atoms with Gasteiger partial charge in [-0.3, -0.25) is 0 Å². The van der Waals surface area contributed by atoms with Gasteiger partial charge in [0.15, 0.2) is 0 Å². The highest BCUT2D eigenvalue weighted by Crippen LogP contribution is 1.99. The predicted octanol–water partition coefficient (Wildman–Crippen LogP) is 1.24. The maximum atomic E-state index is 8.46. The maximum absolute atomic E-state index is 8.46. The monoisotopic (exact) mass is 330 g/mol. The highest BCUT2D eigenvalue weighted by atomic mass is 16.5. The van der Waals surface area contributed by atoms with E-state index in [-0.39, 0.29) is 12.7 Å². The molecule has 1 unspecified atom stereocenters. The Balaban J connectivity index is 0.000000688. The average Bonchev–Trinajstić information content (AvgIpc) is 2.55. The van der Waals surface area contributed by atoms with Crippen LogP contribution in [0.4, 0.5) is 0 Å². The topological polar surface area (TPSA) is 77.4 Å². The molecule has 0 bridgehead atoms. The number of aliphatic hydroxyl groups excluding tert-OH is 2. The first-order chi connectivity index (χ1) is 11.2. The van der Waals surface area contributed by atoms with Gasteiger partial charge in [0, 0.05) is 7.11 Å². The lowest BCUT2D eigenvalue weighted by atomic mass is 10.2. The summed E-state index contributed by atoms with van der Waals surface area (Å²) in [5.74, 6) is 0. The standard InChI is InChI=1S/C13H20O4.C4H10O2/c14-6-7-15-8-9-16-10-11-17-12-13-4-2-1-3-5-13;1-4(5)3-6-2/h1-5,14H,6-12H2;4-5H,3H2,1-2H3. The minimum atomic E-state index is -0.324. The number of ether oxygens (including phenoxy) is 4. The second kappa shape index (κ2) is 17.3. The minimum absolute atomic E-state index is 0.0557. The summed E-state index contributed by atoms with van der Waals surface area (Å²) in [5, 5.41) is 16.9. The molecule has 1 aromatic rings. The molecule has 0 aliphatic carbocycles. The Kier molecular flexibility index (Phi) is 16.6. The number of hydrogen-bond acceptors (Lipinski definition) is 6. The van der Waals surface area contributed by atoms with Crippen LogP contribution in [-0.2, 0) is 25.6 Å². The van der Waals surface area contributed by atoms with Gasteiger partial charge in [0.25, 0.3) is 0 Å². The summed E-state index contributed by atoms with van der Waals surface area (Å²) in [6.07, 6.45) is -0.324. The Labute approximate surface area is 138 Å². The zero-order chi connectivity index (χ0) is 17.2. The SMILES string of the molecule is COCC(C)O.OCCOCCOCCOCc1ccccc1. The summed E-state index contributed by atoms with van der Waals surface area (Å²) < 4.78 is 20.3. The Morgan fingerprint density at radius 3 is 1.96 bits per heavy atom. The van der Waals surface area contributed by atoms with Gasteiger partial charge in [-0.15, -0.1) is 0 Å². The van der Waals surface area contributed by atoms with Crippen molar-refractivity contribution in [2.75, 3.05) is 53.4 Å². The fourth-order valence-corrected chi connectivity index (χ4v) is 1.51. The van der Waals surface area contributed by atoms with Gasteiger partial charge < -0.3 is 29.2 Å². The normalized spacial score (nSPS) is 11.7. The van der Waals surface area contributed by atoms with Gasteiger partial charge in [0.1, 0.15) is 0 Å². The zero-order valence-electron chi connectivity index (χ0n) is 14.1. The number of methoxy groups -OCH3 is 1. The van der Waals surface area contributed by atoms with Crippen LogP contribution in [0.25, 0.3) is 0 Å². The lowest BCUT2D eigenvalue weighted by Crippen LogP contribution is -2.10. The lowest BCUT2D eigenvalue weighted by molar-refractivity contribution is 0.00451. The van der Waals surface area contributed by atoms with Crippen LogP contribution in [-0.4, -0.2) is 69.7 Å². The summed E-state index contributed by atoms with van der Waals surface area (Å²) in [6, 6.07) is 10.0. The van der Waals surface area contributed by atoms with Crippen molar-refractivity contribution in [3.63, 3.8) is 0 Å². The van der Waals surface area contributed by atoms with E-state index in [1.807, 2.05) is 30.3 Å². The van der Waals surface area contributed by atoms with Crippen LogP contribution in [0.15, 0.2) is 30.3 Å². The van der Waals surface area contributed by atoms with E-state index in [0.29, 0.717) is 46.2 Å². The van der Waals surface area contributed by atoms with Gasteiger partial charge in [-0.05, 0) is 12.5 Å². The van der Waals surface area contributed by atoms with Crippen LogP contribution < -0.4 is 0 Å². The third-order valence-electron chi connectivity index (χ3n) is 2.50. The van der Waals surface area contributed by atoms with Gasteiger partial charge >= 0.3 is 0 Å². The van der Waals surface area contributed by atoms with E-state index in [1.54, 1.807) is 14.0 Å². The first kappa shape index (κ1) is 22.0. The molecule has 1 rings (SSSR count). The molecular formula is C17H30O6. The van der Waals surface area contributed by atoms with Crippen LogP contribution in [0, 0.1) is 0 Å². The molecule has 6 heteroatoms. The fourth-order valence-electron chi connectivity index (χ4n) is 1.51. The number of hydrogen-bond donors (Lipinski definition) is 2. The second-order valence-corrected chi connectivity index (χ2v) is 4.79. The molecule has 0 amide bonds. The summed E-state index contributed by atoms with van der Waals surface area (Å²) in [5.41, 5.74) is 1.17. The van der Waals surface area contributed by atoms with E-state index >= 15 is 0 Å². The summed E-state index contributed by atoms with van der Waals surface area (Å²) in [6.45, 7) is 5.35. The summed E-state index contributed by atoms with van der Waals surface area (Å²) in [7, 11) is 1.56. The van der Waals surface area contributed by atoms with Crippen molar-refractivity contribution < 1.29 is 29.2 Å². The third-order valence-corrected chi connectivity index (χ3v) is 2.50. The van der Waals surface area contributed by atoms with Gasteiger partial charge in [-0.1, -0.05) is 30.3 Å².